The second kappa shape index (κ2) is 4.18. The SMILES string of the molecule is N#C[C@H]1C(=O)NC(=O)[C@H](C#N)C12CCCCC2. The highest BCUT2D eigenvalue weighted by molar-refractivity contribution is 6.03. The first kappa shape index (κ1) is 11.6. The van der Waals surface area contributed by atoms with Crippen LogP contribution >= 0.6 is 0 Å². The van der Waals surface area contributed by atoms with Crippen molar-refractivity contribution in [1.29, 1.82) is 10.5 Å². The molecule has 5 nitrogen and oxygen atoms in total. The molecule has 0 unspecified atom stereocenters. The lowest BCUT2D eigenvalue weighted by Gasteiger charge is -2.44. The quantitative estimate of drug-likeness (QED) is 0.626. The van der Waals surface area contributed by atoms with Crippen LogP contribution in [0.4, 0.5) is 0 Å². The normalized spacial score (nSPS) is 31.4. The number of rotatable bonds is 0. The summed E-state index contributed by atoms with van der Waals surface area (Å²) in [6.07, 6.45) is 4.01. The number of nitrogens with one attached hydrogen (secondary N) is 1. The van der Waals surface area contributed by atoms with Crippen LogP contribution in [0, 0.1) is 39.9 Å². The summed E-state index contributed by atoms with van der Waals surface area (Å²) in [6, 6.07) is 3.97. The fraction of sp³-hybridized carbons (Fsp3) is 0.667. The second-order valence-electron chi connectivity index (χ2n) is 4.77. The zero-order valence-electron chi connectivity index (χ0n) is 9.40. The van der Waals surface area contributed by atoms with E-state index in [9.17, 15) is 9.59 Å². The van der Waals surface area contributed by atoms with E-state index in [1.54, 1.807) is 0 Å². The average molecular weight is 231 g/mol. The fourth-order valence-electron chi connectivity index (χ4n) is 3.12. The molecule has 17 heavy (non-hydrogen) atoms. The van der Waals surface area contributed by atoms with Crippen LogP contribution in [0.15, 0.2) is 0 Å². The number of carbonyl (C=O) groups excluding carboxylic acids is 2. The highest BCUT2D eigenvalue weighted by Gasteiger charge is 2.56. The van der Waals surface area contributed by atoms with Crippen LogP contribution in [0.25, 0.3) is 0 Å². The maximum atomic E-state index is 11.7. The van der Waals surface area contributed by atoms with Crippen molar-refractivity contribution < 1.29 is 9.59 Å². The Labute approximate surface area is 99.4 Å². The minimum Gasteiger partial charge on any atom is -0.294 e. The van der Waals surface area contributed by atoms with Gasteiger partial charge < -0.3 is 0 Å². The number of hydrogen-bond acceptors (Lipinski definition) is 4. The number of piperidine rings is 1. The molecule has 1 aliphatic carbocycles. The summed E-state index contributed by atoms with van der Waals surface area (Å²) in [6.45, 7) is 0. The first-order valence-electron chi connectivity index (χ1n) is 5.79. The molecular weight excluding hydrogens is 218 g/mol. The highest BCUT2D eigenvalue weighted by atomic mass is 16.2. The lowest BCUT2D eigenvalue weighted by molar-refractivity contribution is -0.146. The van der Waals surface area contributed by atoms with Gasteiger partial charge in [-0.15, -0.1) is 0 Å². The van der Waals surface area contributed by atoms with Gasteiger partial charge in [-0.1, -0.05) is 19.3 Å². The van der Waals surface area contributed by atoms with Gasteiger partial charge in [0.25, 0.3) is 0 Å². The molecule has 1 spiro atoms. The fourth-order valence-corrected chi connectivity index (χ4v) is 3.12. The van der Waals surface area contributed by atoms with Gasteiger partial charge >= 0.3 is 0 Å². The molecule has 2 aliphatic rings. The maximum Gasteiger partial charge on any atom is 0.244 e. The van der Waals surface area contributed by atoms with Gasteiger partial charge in [-0.05, 0) is 12.8 Å². The third kappa shape index (κ3) is 1.59. The minimum absolute atomic E-state index is 0.536. The second-order valence-corrected chi connectivity index (χ2v) is 4.77. The summed E-state index contributed by atoms with van der Waals surface area (Å²) in [5, 5.41) is 20.4. The van der Waals surface area contributed by atoms with E-state index in [1.807, 2.05) is 12.1 Å². The lowest BCUT2D eigenvalue weighted by Crippen LogP contribution is -2.58. The molecule has 2 fully saturated rings. The van der Waals surface area contributed by atoms with Gasteiger partial charge in [-0.3, -0.25) is 14.9 Å². The summed E-state index contributed by atoms with van der Waals surface area (Å²) in [7, 11) is 0. The van der Waals surface area contributed by atoms with E-state index in [4.69, 9.17) is 10.5 Å². The van der Waals surface area contributed by atoms with Crippen molar-refractivity contribution in [2.45, 2.75) is 32.1 Å². The molecule has 0 aromatic rings. The monoisotopic (exact) mass is 231 g/mol. The van der Waals surface area contributed by atoms with Gasteiger partial charge in [0.2, 0.25) is 11.8 Å². The van der Waals surface area contributed by atoms with Gasteiger partial charge in [-0.2, -0.15) is 10.5 Å². The largest absolute Gasteiger partial charge is 0.294 e. The molecule has 88 valence electrons. The van der Waals surface area contributed by atoms with E-state index >= 15 is 0 Å². The van der Waals surface area contributed by atoms with Crippen LogP contribution in [0.1, 0.15) is 32.1 Å². The standard InChI is InChI=1S/C12H13N3O2/c13-6-8-10(16)15-11(17)9(7-14)12(8)4-2-1-3-5-12/h8-9H,1-5H2,(H,15,16,17)/t8-,9-/m0/s1. The molecule has 1 saturated carbocycles. The smallest absolute Gasteiger partial charge is 0.244 e. The zero-order chi connectivity index (χ0) is 12.5. The number of carbonyl (C=O) groups is 2. The Hall–Kier alpha value is -1.88. The van der Waals surface area contributed by atoms with E-state index in [0.29, 0.717) is 12.8 Å². The topological polar surface area (TPSA) is 93.8 Å². The summed E-state index contributed by atoms with van der Waals surface area (Å²) in [5.74, 6) is -2.81. The molecule has 0 aromatic heterocycles. The summed E-state index contributed by atoms with van der Waals surface area (Å²) in [4.78, 5) is 23.4. The Morgan fingerprint density at radius 1 is 1.00 bits per heavy atom. The van der Waals surface area contributed by atoms with Crippen molar-refractivity contribution in [2.75, 3.05) is 0 Å². The predicted molar refractivity (Wildman–Crippen MR) is 56.9 cm³/mol. The minimum atomic E-state index is -0.870. The molecular formula is C12H13N3O2. The number of nitrogens with zero attached hydrogens (tertiary/aromatic N) is 2. The van der Waals surface area contributed by atoms with E-state index < -0.39 is 29.1 Å². The van der Waals surface area contributed by atoms with Crippen LogP contribution < -0.4 is 5.32 Å². The number of amides is 2. The summed E-state index contributed by atoms with van der Waals surface area (Å²) in [5.41, 5.74) is -0.749. The molecule has 0 aromatic carbocycles. The Morgan fingerprint density at radius 2 is 1.47 bits per heavy atom. The Bertz CT molecular complexity index is 404. The van der Waals surface area contributed by atoms with Gasteiger partial charge in [0, 0.05) is 5.41 Å². The predicted octanol–water partition coefficient (Wildman–Crippen LogP) is 0.873. The molecule has 1 N–H and O–H groups in total. The van der Waals surface area contributed by atoms with E-state index in [-0.39, 0.29) is 0 Å². The van der Waals surface area contributed by atoms with Crippen molar-refractivity contribution in [3.05, 3.63) is 0 Å². The molecule has 0 radical (unpaired) electrons. The van der Waals surface area contributed by atoms with Crippen molar-refractivity contribution in [3.63, 3.8) is 0 Å². The van der Waals surface area contributed by atoms with Crippen LogP contribution in [0.5, 0.6) is 0 Å². The molecule has 1 aliphatic heterocycles. The first-order valence-corrected chi connectivity index (χ1v) is 5.79. The zero-order valence-corrected chi connectivity index (χ0v) is 9.40. The van der Waals surface area contributed by atoms with Crippen molar-refractivity contribution >= 4 is 11.8 Å². The van der Waals surface area contributed by atoms with Crippen molar-refractivity contribution in [1.82, 2.24) is 5.32 Å². The molecule has 1 saturated heterocycles. The molecule has 2 amide bonds. The molecule has 2 atom stereocenters. The lowest BCUT2D eigenvalue weighted by atomic mass is 9.57. The molecule has 0 bridgehead atoms. The highest BCUT2D eigenvalue weighted by Crippen LogP contribution is 2.50. The van der Waals surface area contributed by atoms with Crippen LogP contribution in [-0.4, -0.2) is 11.8 Å². The van der Waals surface area contributed by atoms with Crippen molar-refractivity contribution in [3.8, 4) is 12.1 Å². The van der Waals surface area contributed by atoms with Gasteiger partial charge in [0.1, 0.15) is 11.8 Å². The third-order valence-electron chi connectivity index (χ3n) is 3.96. The Kier molecular flexibility index (Phi) is 2.85. The maximum absolute atomic E-state index is 11.7. The average Bonchev–Trinajstić information content (AvgIpc) is 2.30. The number of hydrogen-bond donors (Lipinski definition) is 1. The molecule has 1 heterocycles. The van der Waals surface area contributed by atoms with E-state index in [2.05, 4.69) is 5.32 Å². The molecule has 5 heteroatoms. The Morgan fingerprint density at radius 3 is 1.88 bits per heavy atom. The Balaban J connectivity index is 2.46. The summed E-state index contributed by atoms with van der Waals surface area (Å²) < 4.78 is 0. The van der Waals surface area contributed by atoms with Crippen LogP contribution in [0.3, 0.4) is 0 Å². The third-order valence-corrected chi connectivity index (χ3v) is 3.96. The van der Waals surface area contributed by atoms with Gasteiger partial charge in [0.05, 0.1) is 12.1 Å². The van der Waals surface area contributed by atoms with Crippen LogP contribution in [0.2, 0.25) is 0 Å². The summed E-state index contributed by atoms with van der Waals surface area (Å²) >= 11 is 0. The number of nitriles is 2. The van der Waals surface area contributed by atoms with Gasteiger partial charge in [0.15, 0.2) is 0 Å². The van der Waals surface area contributed by atoms with E-state index in [0.717, 1.165) is 19.3 Å². The van der Waals surface area contributed by atoms with Crippen LogP contribution in [-0.2, 0) is 9.59 Å². The number of imide groups is 1. The van der Waals surface area contributed by atoms with Gasteiger partial charge in [-0.25, -0.2) is 0 Å². The first-order chi connectivity index (χ1) is 8.15. The molecule has 2 rings (SSSR count). The van der Waals surface area contributed by atoms with Crippen molar-refractivity contribution in [2.24, 2.45) is 17.3 Å². The van der Waals surface area contributed by atoms with E-state index in [1.165, 1.54) is 0 Å².